The quantitative estimate of drug-likeness (QED) is 0.385. The maximum Gasteiger partial charge on any atom is 0.0896 e. The van der Waals surface area contributed by atoms with Crippen LogP contribution in [0, 0.1) is 13.8 Å². The molecule has 0 fully saturated rings. The summed E-state index contributed by atoms with van der Waals surface area (Å²) in [4.78, 5) is 0. The smallest absolute Gasteiger partial charge is 0.0896 e. The number of fused-ring (bicyclic) bond motifs is 1. The molecule has 0 N–H and O–H groups in total. The second kappa shape index (κ2) is 6.37. The Morgan fingerprint density at radius 3 is 2.35 bits per heavy atom. The van der Waals surface area contributed by atoms with Crippen LogP contribution in [0.3, 0.4) is 0 Å². The summed E-state index contributed by atoms with van der Waals surface area (Å²) in [5.74, 6) is 1.88. The summed E-state index contributed by atoms with van der Waals surface area (Å²) in [7, 11) is 0. The monoisotopic (exact) mass is 375 g/mol. The third-order valence-electron chi connectivity index (χ3n) is 4.19. The van der Waals surface area contributed by atoms with E-state index in [9.17, 15) is 0 Å². The minimum absolute atomic E-state index is 0. The second-order valence-electron chi connectivity index (χ2n) is 5.78. The van der Waals surface area contributed by atoms with E-state index in [0.29, 0.717) is 0 Å². The SMILES string of the molecule is Cc1ccc(-c2cc3c(-c4ccccc4)c(C)ccc3[cH-]2)o1.[Zr]. The maximum atomic E-state index is 5.77. The third kappa shape index (κ3) is 2.88. The molecule has 1 aromatic heterocycles. The minimum atomic E-state index is 0. The van der Waals surface area contributed by atoms with Gasteiger partial charge in [0.25, 0.3) is 0 Å². The Bertz CT molecular complexity index is 945. The fraction of sp³-hybridized carbons (Fsp3) is 0.0952. The Morgan fingerprint density at radius 2 is 1.65 bits per heavy atom. The topological polar surface area (TPSA) is 13.1 Å². The fourth-order valence-corrected chi connectivity index (χ4v) is 3.11. The van der Waals surface area contributed by atoms with Gasteiger partial charge in [-0.2, -0.15) is 0 Å². The molecule has 1 nitrogen and oxygen atoms in total. The molecule has 112 valence electrons. The number of hydrogen-bond acceptors (Lipinski definition) is 1. The molecule has 4 aromatic rings. The molecule has 0 aliphatic rings. The van der Waals surface area contributed by atoms with E-state index in [1.807, 2.05) is 19.1 Å². The van der Waals surface area contributed by atoms with Gasteiger partial charge in [-0.25, -0.2) is 0 Å². The van der Waals surface area contributed by atoms with E-state index in [1.165, 1.54) is 27.5 Å². The van der Waals surface area contributed by atoms with Crippen molar-refractivity contribution in [2.24, 2.45) is 0 Å². The third-order valence-corrected chi connectivity index (χ3v) is 4.19. The van der Waals surface area contributed by atoms with Gasteiger partial charge < -0.3 is 4.42 Å². The second-order valence-corrected chi connectivity index (χ2v) is 5.78. The molecule has 1 heterocycles. The van der Waals surface area contributed by atoms with Gasteiger partial charge in [0.15, 0.2) is 0 Å². The van der Waals surface area contributed by atoms with E-state index < -0.39 is 0 Å². The zero-order valence-electron chi connectivity index (χ0n) is 13.3. The Labute approximate surface area is 155 Å². The number of hydrogen-bond donors (Lipinski definition) is 0. The van der Waals surface area contributed by atoms with Crippen molar-refractivity contribution in [2.75, 3.05) is 0 Å². The summed E-state index contributed by atoms with van der Waals surface area (Å²) in [6.45, 7) is 4.15. The van der Waals surface area contributed by atoms with Crippen molar-refractivity contribution in [2.45, 2.75) is 13.8 Å². The summed E-state index contributed by atoms with van der Waals surface area (Å²) in [5, 5.41) is 2.55. The van der Waals surface area contributed by atoms with Crippen LogP contribution in [0.25, 0.3) is 33.2 Å². The van der Waals surface area contributed by atoms with Crippen LogP contribution in [0.5, 0.6) is 0 Å². The largest absolute Gasteiger partial charge is 0.496 e. The van der Waals surface area contributed by atoms with E-state index >= 15 is 0 Å². The molecule has 23 heavy (non-hydrogen) atoms. The number of furan rings is 1. The summed E-state index contributed by atoms with van der Waals surface area (Å²) in [6, 6.07) is 23.5. The molecule has 2 heteroatoms. The first kappa shape index (κ1) is 16.1. The van der Waals surface area contributed by atoms with Gasteiger partial charge >= 0.3 is 0 Å². The fourth-order valence-electron chi connectivity index (χ4n) is 3.11. The Morgan fingerprint density at radius 1 is 0.870 bits per heavy atom. The molecule has 0 radical (unpaired) electrons. The predicted molar refractivity (Wildman–Crippen MR) is 92.2 cm³/mol. The average molecular weight is 377 g/mol. The van der Waals surface area contributed by atoms with Crippen molar-refractivity contribution >= 4 is 10.8 Å². The van der Waals surface area contributed by atoms with Crippen LogP contribution >= 0.6 is 0 Å². The molecule has 0 bridgehead atoms. The number of aryl methyl sites for hydroxylation is 2. The zero-order chi connectivity index (χ0) is 15.1. The van der Waals surface area contributed by atoms with Gasteiger partial charge in [0.05, 0.1) is 11.5 Å². The molecule has 3 aromatic carbocycles. The first-order valence-corrected chi connectivity index (χ1v) is 7.54. The Balaban J connectivity index is 0.00000156. The normalized spacial score (nSPS) is 10.7. The van der Waals surface area contributed by atoms with Gasteiger partial charge in [-0.1, -0.05) is 47.5 Å². The van der Waals surface area contributed by atoms with Crippen molar-refractivity contribution in [3.8, 4) is 22.5 Å². The van der Waals surface area contributed by atoms with E-state index in [0.717, 1.165) is 17.1 Å². The van der Waals surface area contributed by atoms with Crippen molar-refractivity contribution in [1.29, 1.82) is 0 Å². The van der Waals surface area contributed by atoms with Gasteiger partial charge in [-0.15, -0.1) is 29.0 Å². The van der Waals surface area contributed by atoms with E-state index in [4.69, 9.17) is 4.42 Å². The van der Waals surface area contributed by atoms with Crippen molar-refractivity contribution < 1.29 is 30.6 Å². The van der Waals surface area contributed by atoms with Gasteiger partial charge in [0, 0.05) is 26.2 Å². The number of rotatable bonds is 2. The first-order valence-electron chi connectivity index (χ1n) is 7.54. The van der Waals surface area contributed by atoms with Gasteiger partial charge in [0.2, 0.25) is 0 Å². The molecule has 0 aliphatic heterocycles. The number of benzene rings is 2. The Hall–Kier alpha value is -1.79. The maximum absolute atomic E-state index is 5.77. The summed E-state index contributed by atoms with van der Waals surface area (Å²) < 4.78 is 5.77. The van der Waals surface area contributed by atoms with Crippen LogP contribution in [0.2, 0.25) is 0 Å². The molecule has 0 saturated heterocycles. The van der Waals surface area contributed by atoms with Crippen LogP contribution in [-0.2, 0) is 26.2 Å². The summed E-state index contributed by atoms with van der Waals surface area (Å²) in [6.07, 6.45) is 0. The van der Waals surface area contributed by atoms with E-state index in [2.05, 4.69) is 61.5 Å². The molecule has 0 unspecified atom stereocenters. The van der Waals surface area contributed by atoms with Crippen molar-refractivity contribution in [3.05, 3.63) is 78.1 Å². The van der Waals surface area contributed by atoms with Crippen molar-refractivity contribution in [3.63, 3.8) is 0 Å². The van der Waals surface area contributed by atoms with Crippen LogP contribution in [0.4, 0.5) is 0 Å². The van der Waals surface area contributed by atoms with Gasteiger partial charge in [0.1, 0.15) is 0 Å². The molecule has 0 saturated carbocycles. The molecule has 0 aliphatic carbocycles. The van der Waals surface area contributed by atoms with Crippen LogP contribution in [0.1, 0.15) is 11.3 Å². The van der Waals surface area contributed by atoms with E-state index in [-0.39, 0.29) is 26.2 Å². The van der Waals surface area contributed by atoms with Crippen LogP contribution in [0.15, 0.2) is 71.1 Å². The summed E-state index contributed by atoms with van der Waals surface area (Å²) >= 11 is 0. The minimum Gasteiger partial charge on any atom is -0.496 e. The van der Waals surface area contributed by atoms with E-state index in [1.54, 1.807) is 0 Å². The molecule has 0 atom stereocenters. The van der Waals surface area contributed by atoms with Gasteiger partial charge in [-0.3, -0.25) is 0 Å². The van der Waals surface area contributed by atoms with Gasteiger partial charge in [-0.05, 0) is 37.1 Å². The average Bonchev–Trinajstić information content (AvgIpc) is 3.14. The van der Waals surface area contributed by atoms with Crippen LogP contribution < -0.4 is 0 Å². The summed E-state index contributed by atoms with van der Waals surface area (Å²) in [5.41, 5.74) is 5.02. The molecular formula is C21H17OZr-. The van der Waals surface area contributed by atoms with Crippen molar-refractivity contribution in [1.82, 2.24) is 0 Å². The predicted octanol–water partition coefficient (Wildman–Crippen LogP) is 6.10. The Kier molecular flexibility index (Phi) is 4.46. The first-order chi connectivity index (χ1) is 10.7. The standard InChI is InChI=1S/C21H17O.Zr/c1-14-8-10-17-12-18(20-11-9-15(2)22-20)13-19(17)21(14)16-6-4-3-5-7-16;/h3-13H,1-2H3;/q-1;. The van der Waals surface area contributed by atoms with Crippen LogP contribution in [-0.4, -0.2) is 0 Å². The molecule has 0 amide bonds. The molecular weight excluding hydrogens is 359 g/mol. The molecule has 4 rings (SSSR count). The zero-order valence-corrected chi connectivity index (χ0v) is 15.7. The molecule has 0 spiro atoms.